The number of nitrogens with zero attached hydrogens (tertiary/aromatic N) is 1. The molecular formula is C16H22BrN. The molecule has 1 saturated heterocycles. The molecule has 18 heavy (non-hydrogen) atoms. The van der Waals surface area contributed by atoms with Gasteiger partial charge in [-0.25, -0.2) is 0 Å². The molecule has 0 atom stereocenters. The Bertz CT molecular complexity index is 399. The number of para-hydroxylation sites is 1. The first-order chi connectivity index (χ1) is 8.83. The van der Waals surface area contributed by atoms with E-state index in [1.54, 1.807) is 0 Å². The molecule has 3 rings (SSSR count). The summed E-state index contributed by atoms with van der Waals surface area (Å²) in [5.41, 5.74) is 3.60. The van der Waals surface area contributed by atoms with Crippen molar-refractivity contribution in [3.8, 4) is 0 Å². The van der Waals surface area contributed by atoms with Crippen LogP contribution in [-0.4, -0.2) is 13.1 Å². The first kappa shape index (κ1) is 12.5. The molecule has 1 heterocycles. The molecule has 0 amide bonds. The summed E-state index contributed by atoms with van der Waals surface area (Å²) >= 11 is 3.61. The number of hydrogen-bond donors (Lipinski definition) is 0. The van der Waals surface area contributed by atoms with Crippen molar-refractivity contribution in [2.75, 3.05) is 18.0 Å². The van der Waals surface area contributed by atoms with Crippen molar-refractivity contribution >= 4 is 21.6 Å². The Kier molecular flexibility index (Phi) is 3.65. The van der Waals surface area contributed by atoms with E-state index in [1.165, 1.54) is 62.9 Å². The molecule has 0 aromatic heterocycles. The average molecular weight is 308 g/mol. The molecule has 1 aliphatic carbocycles. The molecule has 0 N–H and O–H groups in total. The third kappa shape index (κ3) is 2.32. The minimum absolute atomic E-state index is 0.722. The van der Waals surface area contributed by atoms with Gasteiger partial charge in [0.2, 0.25) is 0 Å². The molecule has 2 heteroatoms. The number of benzene rings is 1. The van der Waals surface area contributed by atoms with Crippen LogP contribution in [0.2, 0.25) is 0 Å². The predicted molar refractivity (Wildman–Crippen MR) is 81.4 cm³/mol. The minimum Gasteiger partial charge on any atom is -0.371 e. The van der Waals surface area contributed by atoms with Gasteiger partial charge in [0.05, 0.1) is 0 Å². The Morgan fingerprint density at radius 1 is 1.00 bits per heavy atom. The third-order valence-corrected chi connectivity index (χ3v) is 5.57. The highest BCUT2D eigenvalue weighted by Gasteiger charge is 2.37. The zero-order chi connectivity index (χ0) is 12.4. The molecule has 1 saturated carbocycles. The summed E-state index contributed by atoms with van der Waals surface area (Å²) in [5.74, 6) is 0. The second-order valence-electron chi connectivity index (χ2n) is 5.96. The lowest BCUT2D eigenvalue weighted by molar-refractivity contribution is 0.226. The highest BCUT2D eigenvalue weighted by atomic mass is 79.9. The zero-order valence-electron chi connectivity index (χ0n) is 11.0. The van der Waals surface area contributed by atoms with Crippen LogP contribution in [0.3, 0.4) is 0 Å². The number of anilines is 1. The number of alkyl halides is 1. The molecule has 98 valence electrons. The van der Waals surface area contributed by atoms with Crippen molar-refractivity contribution in [1.29, 1.82) is 0 Å². The average Bonchev–Trinajstić information content (AvgIpc) is 2.88. The van der Waals surface area contributed by atoms with E-state index in [2.05, 4.69) is 45.1 Å². The number of rotatable bonds is 2. The van der Waals surface area contributed by atoms with Crippen molar-refractivity contribution in [2.24, 2.45) is 5.41 Å². The Morgan fingerprint density at radius 2 is 1.67 bits per heavy atom. The second-order valence-corrected chi connectivity index (χ2v) is 6.52. The number of piperidine rings is 1. The summed E-state index contributed by atoms with van der Waals surface area (Å²) in [6.45, 7) is 2.51. The van der Waals surface area contributed by atoms with Gasteiger partial charge in [-0.2, -0.15) is 0 Å². The standard InChI is InChI=1S/C16H22BrN/c17-13-14-5-1-2-6-15(14)18-11-9-16(10-12-18)7-3-4-8-16/h1-2,5-6H,3-4,7-13H2. The quantitative estimate of drug-likeness (QED) is 0.713. The van der Waals surface area contributed by atoms with Crippen LogP contribution in [0.5, 0.6) is 0 Å². The fourth-order valence-electron chi connectivity index (χ4n) is 3.78. The molecule has 1 aromatic rings. The highest BCUT2D eigenvalue weighted by molar-refractivity contribution is 9.08. The Balaban J connectivity index is 1.72. The van der Waals surface area contributed by atoms with Crippen molar-refractivity contribution in [3.05, 3.63) is 29.8 Å². The molecule has 2 fully saturated rings. The fourth-order valence-corrected chi connectivity index (χ4v) is 4.25. The lowest BCUT2D eigenvalue weighted by Crippen LogP contribution is -2.39. The van der Waals surface area contributed by atoms with Crippen LogP contribution in [0, 0.1) is 5.41 Å². The Labute approximate surface area is 119 Å². The minimum atomic E-state index is 0.722. The molecule has 0 unspecified atom stereocenters. The van der Waals surface area contributed by atoms with Gasteiger partial charge in [-0.15, -0.1) is 0 Å². The van der Waals surface area contributed by atoms with Gasteiger partial charge in [-0.1, -0.05) is 47.0 Å². The molecule has 1 aromatic carbocycles. The summed E-state index contributed by atoms with van der Waals surface area (Å²) in [6, 6.07) is 8.83. The van der Waals surface area contributed by atoms with Crippen LogP contribution in [0.25, 0.3) is 0 Å². The van der Waals surface area contributed by atoms with Crippen LogP contribution in [0.15, 0.2) is 24.3 Å². The van der Waals surface area contributed by atoms with Crippen LogP contribution >= 0.6 is 15.9 Å². The smallest absolute Gasteiger partial charge is 0.0407 e. The van der Waals surface area contributed by atoms with Crippen LogP contribution in [-0.2, 0) is 5.33 Å². The topological polar surface area (TPSA) is 3.24 Å². The number of hydrogen-bond acceptors (Lipinski definition) is 1. The Morgan fingerprint density at radius 3 is 2.33 bits per heavy atom. The van der Waals surface area contributed by atoms with E-state index in [0.29, 0.717) is 0 Å². The van der Waals surface area contributed by atoms with E-state index in [1.807, 2.05) is 0 Å². The van der Waals surface area contributed by atoms with Crippen molar-refractivity contribution < 1.29 is 0 Å². The van der Waals surface area contributed by atoms with E-state index in [4.69, 9.17) is 0 Å². The van der Waals surface area contributed by atoms with E-state index >= 15 is 0 Å². The van der Waals surface area contributed by atoms with E-state index in [9.17, 15) is 0 Å². The number of halogens is 1. The lowest BCUT2D eigenvalue weighted by atomic mass is 9.77. The van der Waals surface area contributed by atoms with Gasteiger partial charge in [-0.3, -0.25) is 0 Å². The highest BCUT2D eigenvalue weighted by Crippen LogP contribution is 2.46. The largest absolute Gasteiger partial charge is 0.371 e. The summed E-state index contributed by atoms with van der Waals surface area (Å²) in [6.07, 6.45) is 8.73. The van der Waals surface area contributed by atoms with Crippen LogP contribution in [0.1, 0.15) is 44.1 Å². The van der Waals surface area contributed by atoms with Gasteiger partial charge in [0.1, 0.15) is 0 Å². The lowest BCUT2D eigenvalue weighted by Gasteiger charge is -2.41. The molecule has 0 radical (unpaired) electrons. The molecule has 1 spiro atoms. The van der Waals surface area contributed by atoms with Gasteiger partial charge >= 0.3 is 0 Å². The van der Waals surface area contributed by atoms with E-state index < -0.39 is 0 Å². The van der Waals surface area contributed by atoms with E-state index in [-0.39, 0.29) is 0 Å². The molecular weight excluding hydrogens is 286 g/mol. The van der Waals surface area contributed by atoms with Gasteiger partial charge in [0.15, 0.2) is 0 Å². The second kappa shape index (κ2) is 5.24. The van der Waals surface area contributed by atoms with Crippen molar-refractivity contribution in [1.82, 2.24) is 0 Å². The maximum atomic E-state index is 3.61. The SMILES string of the molecule is BrCc1ccccc1N1CCC2(CCCC2)CC1. The van der Waals surface area contributed by atoms with Gasteiger partial charge in [0.25, 0.3) is 0 Å². The first-order valence-corrected chi connectivity index (χ1v) is 8.34. The normalized spacial score (nSPS) is 22.6. The summed E-state index contributed by atoms with van der Waals surface area (Å²) < 4.78 is 0. The summed E-state index contributed by atoms with van der Waals surface area (Å²) in [7, 11) is 0. The van der Waals surface area contributed by atoms with Crippen LogP contribution < -0.4 is 4.90 Å². The maximum Gasteiger partial charge on any atom is 0.0407 e. The predicted octanol–water partition coefficient (Wildman–Crippen LogP) is 4.74. The zero-order valence-corrected chi connectivity index (χ0v) is 12.6. The molecule has 1 nitrogen and oxygen atoms in total. The molecule has 2 aliphatic rings. The van der Waals surface area contributed by atoms with E-state index in [0.717, 1.165) is 10.7 Å². The van der Waals surface area contributed by atoms with Crippen molar-refractivity contribution in [2.45, 2.75) is 43.9 Å². The molecule has 1 aliphatic heterocycles. The Hall–Kier alpha value is -0.500. The third-order valence-electron chi connectivity index (χ3n) is 4.96. The van der Waals surface area contributed by atoms with Gasteiger partial charge in [0, 0.05) is 24.1 Å². The maximum absolute atomic E-state index is 3.61. The van der Waals surface area contributed by atoms with Gasteiger partial charge < -0.3 is 4.90 Å². The fraction of sp³-hybridized carbons (Fsp3) is 0.625. The monoisotopic (exact) mass is 307 g/mol. The van der Waals surface area contributed by atoms with Gasteiger partial charge in [-0.05, 0) is 42.7 Å². The summed E-state index contributed by atoms with van der Waals surface area (Å²) in [4.78, 5) is 2.60. The molecule has 0 bridgehead atoms. The van der Waals surface area contributed by atoms with Crippen molar-refractivity contribution in [3.63, 3.8) is 0 Å². The first-order valence-electron chi connectivity index (χ1n) is 7.22. The van der Waals surface area contributed by atoms with Crippen LogP contribution in [0.4, 0.5) is 5.69 Å². The summed E-state index contributed by atoms with van der Waals surface area (Å²) in [5, 5.41) is 0.963.